The zero-order valence-corrected chi connectivity index (χ0v) is 40.1. The van der Waals surface area contributed by atoms with Gasteiger partial charge in [-0.15, -0.1) is 0 Å². The molecule has 0 bridgehead atoms. The van der Waals surface area contributed by atoms with Gasteiger partial charge in [-0.1, -0.05) is 96.0 Å². The minimum atomic E-state index is -1.30. The Morgan fingerprint density at radius 2 is 0.729 bits per heavy atom. The largest absolute Gasteiger partial charge is 0.370 e. The van der Waals surface area contributed by atoms with Crippen LogP contribution in [0.2, 0.25) is 10.0 Å². The molecule has 0 spiro atoms. The monoisotopic (exact) mass is 999 g/mol. The van der Waals surface area contributed by atoms with Gasteiger partial charge in [0.05, 0.1) is 6.04 Å². The van der Waals surface area contributed by atoms with Gasteiger partial charge in [-0.05, 0) is 96.2 Å². The standard InChI is InChI=1S/C48H63Cl2N15O5/c49-34-19-15-32(16-20-34)30-11-7-28(8-12-30)26-39(64-42(67)36(51)4-1-23-59-46(53)54)45(70)63-38(6-3-25-61-48(57)58)43(68)65-40(44(69)62-37(41(52)66)5-2-24-60-47(55)56)27-29-9-13-31(14-10-29)33-17-21-35(50)22-18-33/h7-22,36-40H,1-6,23-27,51H2,(H2,52,66)(H,62,69)(H,63,70)(H,64,67)(H,65,68)(H4,53,54,59)(H4,55,56,60)(H4,57,58,61)/t36-,37-,38-,39-,40-/m1/s1. The van der Waals surface area contributed by atoms with Gasteiger partial charge in [0.2, 0.25) is 29.5 Å². The maximum Gasteiger partial charge on any atom is 0.243 e. The van der Waals surface area contributed by atoms with Crippen molar-refractivity contribution in [2.75, 3.05) is 19.6 Å². The fourth-order valence-corrected chi connectivity index (χ4v) is 7.48. The van der Waals surface area contributed by atoms with Crippen LogP contribution >= 0.6 is 23.2 Å². The van der Waals surface area contributed by atoms with Crippen LogP contribution in [0.4, 0.5) is 0 Å². The maximum atomic E-state index is 14.5. The van der Waals surface area contributed by atoms with Crippen LogP contribution in [0, 0.1) is 16.2 Å². The van der Waals surface area contributed by atoms with Crippen LogP contribution in [0.15, 0.2) is 97.1 Å². The molecule has 4 aromatic rings. The molecule has 4 rings (SSSR count). The molecular formula is C48H63Cl2N15O5. The first-order valence-corrected chi connectivity index (χ1v) is 23.3. The molecule has 5 atom stereocenters. The molecule has 374 valence electrons. The lowest BCUT2D eigenvalue weighted by molar-refractivity contribution is -0.134. The molecule has 20 N–H and O–H groups in total. The van der Waals surface area contributed by atoms with E-state index in [4.69, 9.17) is 68.1 Å². The molecule has 0 aliphatic rings. The average molecular weight is 1000 g/mol. The zero-order chi connectivity index (χ0) is 51.2. The first-order valence-electron chi connectivity index (χ1n) is 22.6. The molecular weight excluding hydrogens is 938 g/mol. The third-order valence-corrected chi connectivity index (χ3v) is 11.5. The molecule has 5 amide bonds. The minimum absolute atomic E-state index is 0.00579. The molecule has 0 radical (unpaired) electrons. The summed E-state index contributed by atoms with van der Waals surface area (Å²) >= 11 is 12.2. The van der Waals surface area contributed by atoms with Crippen LogP contribution in [0.3, 0.4) is 0 Å². The van der Waals surface area contributed by atoms with Crippen molar-refractivity contribution >= 4 is 70.6 Å². The summed E-state index contributed by atoms with van der Waals surface area (Å²) in [5, 5.41) is 42.5. The summed E-state index contributed by atoms with van der Waals surface area (Å²) in [6, 6.07) is 23.2. The van der Waals surface area contributed by atoms with Crippen molar-refractivity contribution in [3.63, 3.8) is 0 Å². The second kappa shape index (κ2) is 28.2. The molecule has 0 aromatic heterocycles. The van der Waals surface area contributed by atoms with Gasteiger partial charge in [0.25, 0.3) is 0 Å². The summed E-state index contributed by atoms with van der Waals surface area (Å²) in [6.07, 6.45) is 1.16. The lowest BCUT2D eigenvalue weighted by Gasteiger charge is -2.27. The van der Waals surface area contributed by atoms with Gasteiger partial charge in [-0.25, -0.2) is 0 Å². The Morgan fingerprint density at radius 3 is 1.10 bits per heavy atom. The predicted octanol–water partition coefficient (Wildman–Crippen LogP) is 1.65. The highest BCUT2D eigenvalue weighted by Gasteiger charge is 2.32. The molecule has 0 aliphatic carbocycles. The van der Waals surface area contributed by atoms with Crippen LogP contribution in [0.25, 0.3) is 22.3 Å². The van der Waals surface area contributed by atoms with E-state index in [2.05, 4.69) is 37.2 Å². The van der Waals surface area contributed by atoms with Crippen LogP contribution in [-0.4, -0.2) is 97.3 Å². The minimum Gasteiger partial charge on any atom is -0.370 e. The summed E-state index contributed by atoms with van der Waals surface area (Å²) in [5.41, 5.74) is 33.1. The Morgan fingerprint density at radius 1 is 0.429 bits per heavy atom. The summed E-state index contributed by atoms with van der Waals surface area (Å²) in [6.45, 7) is 0.686. The SMILES string of the molecule is N=C(N)NCCC[C@@H](N)C(=O)N[C@H](Cc1ccc(-c2ccc(Cl)cc2)cc1)C(=O)N[C@H](CCCNC(=N)N)C(=O)N[C@H](Cc1ccc(-c2ccc(Cl)cc2)cc1)C(=O)N[C@H](CCCNC(=N)N)C(N)=O. The van der Waals surface area contributed by atoms with Crippen molar-refractivity contribution in [1.29, 1.82) is 16.2 Å². The lowest BCUT2D eigenvalue weighted by Crippen LogP contribution is -2.59. The highest BCUT2D eigenvalue weighted by molar-refractivity contribution is 6.31. The number of carbonyl (C=O) groups excluding carboxylic acids is 5. The van der Waals surface area contributed by atoms with E-state index < -0.39 is 59.7 Å². The molecule has 0 heterocycles. The molecule has 0 saturated carbocycles. The van der Waals surface area contributed by atoms with Crippen molar-refractivity contribution in [1.82, 2.24) is 37.2 Å². The Hall–Kier alpha value is -7.42. The Kier molecular flexibility index (Phi) is 22.2. The van der Waals surface area contributed by atoms with Gasteiger partial charge < -0.3 is 65.9 Å². The molecule has 0 saturated heterocycles. The second-order valence-corrected chi connectivity index (χ2v) is 17.4. The number of carbonyl (C=O) groups is 5. The number of benzene rings is 4. The molecule has 4 aromatic carbocycles. The van der Waals surface area contributed by atoms with Gasteiger partial charge in [-0.2, -0.15) is 0 Å². The zero-order valence-electron chi connectivity index (χ0n) is 38.6. The van der Waals surface area contributed by atoms with Gasteiger partial charge in [0, 0.05) is 42.5 Å². The number of hydrogen-bond acceptors (Lipinski definition) is 9. The van der Waals surface area contributed by atoms with E-state index in [9.17, 15) is 24.0 Å². The van der Waals surface area contributed by atoms with Gasteiger partial charge >= 0.3 is 0 Å². The van der Waals surface area contributed by atoms with Crippen LogP contribution < -0.4 is 65.9 Å². The highest BCUT2D eigenvalue weighted by Crippen LogP contribution is 2.24. The normalized spacial score (nSPS) is 13.0. The number of amides is 5. The number of halogens is 2. The first kappa shape index (κ1) is 55.2. The van der Waals surface area contributed by atoms with E-state index in [0.29, 0.717) is 40.6 Å². The van der Waals surface area contributed by atoms with E-state index in [1.807, 2.05) is 60.7 Å². The topological polar surface area (TPSA) is 371 Å². The average Bonchev–Trinajstić information content (AvgIpc) is 3.32. The van der Waals surface area contributed by atoms with Crippen LogP contribution in [0.5, 0.6) is 0 Å². The number of guanidine groups is 3. The second-order valence-electron chi connectivity index (χ2n) is 16.5. The van der Waals surface area contributed by atoms with Crippen molar-refractivity contribution < 1.29 is 24.0 Å². The Bertz CT molecular complexity index is 2410. The van der Waals surface area contributed by atoms with Crippen molar-refractivity contribution in [2.45, 2.75) is 81.6 Å². The summed E-state index contributed by atoms with van der Waals surface area (Å²) in [4.78, 5) is 69.2. The van der Waals surface area contributed by atoms with Crippen molar-refractivity contribution in [3.8, 4) is 22.3 Å². The highest BCUT2D eigenvalue weighted by atomic mass is 35.5. The fraction of sp³-hybridized carbons (Fsp3) is 0.333. The molecule has 22 heteroatoms. The van der Waals surface area contributed by atoms with Crippen molar-refractivity contribution in [2.24, 2.45) is 28.7 Å². The Labute approximate surface area is 416 Å². The van der Waals surface area contributed by atoms with E-state index in [1.165, 1.54) is 0 Å². The quantitative estimate of drug-likeness (QED) is 0.0230. The van der Waals surface area contributed by atoms with E-state index in [1.54, 1.807) is 36.4 Å². The third kappa shape index (κ3) is 19.3. The molecule has 0 aliphatic heterocycles. The lowest BCUT2D eigenvalue weighted by atomic mass is 9.99. The fourth-order valence-electron chi connectivity index (χ4n) is 7.23. The number of hydrogen-bond donors (Lipinski definition) is 15. The summed E-state index contributed by atoms with van der Waals surface area (Å²) in [7, 11) is 0. The third-order valence-electron chi connectivity index (χ3n) is 11.0. The molecule has 0 unspecified atom stereocenters. The molecule has 70 heavy (non-hydrogen) atoms. The predicted molar refractivity (Wildman–Crippen MR) is 274 cm³/mol. The number of nitrogens with one attached hydrogen (secondary N) is 10. The Balaban J connectivity index is 1.63. The van der Waals surface area contributed by atoms with Crippen molar-refractivity contribution in [3.05, 3.63) is 118 Å². The number of primary amides is 1. The van der Waals surface area contributed by atoms with Gasteiger partial charge in [0.1, 0.15) is 24.2 Å². The van der Waals surface area contributed by atoms with E-state index >= 15 is 0 Å². The molecule has 20 nitrogen and oxygen atoms in total. The number of nitrogens with two attached hydrogens (primary N) is 5. The van der Waals surface area contributed by atoms with Gasteiger partial charge in [-0.3, -0.25) is 40.2 Å². The van der Waals surface area contributed by atoms with Crippen LogP contribution in [-0.2, 0) is 36.8 Å². The summed E-state index contributed by atoms with van der Waals surface area (Å²) < 4.78 is 0. The number of rotatable bonds is 27. The summed E-state index contributed by atoms with van der Waals surface area (Å²) in [5.74, 6) is -4.48. The molecule has 0 fully saturated rings. The van der Waals surface area contributed by atoms with E-state index in [0.717, 1.165) is 22.3 Å². The van der Waals surface area contributed by atoms with Crippen LogP contribution in [0.1, 0.15) is 49.7 Å². The smallest absolute Gasteiger partial charge is 0.243 e. The maximum absolute atomic E-state index is 14.5. The van der Waals surface area contributed by atoms with E-state index in [-0.39, 0.29) is 69.5 Å². The first-order chi connectivity index (χ1) is 33.4. The van der Waals surface area contributed by atoms with Gasteiger partial charge in [0.15, 0.2) is 17.9 Å².